The largest absolute Gasteiger partial charge is 0.316 e. The molecule has 0 aliphatic rings. The third-order valence-electron chi connectivity index (χ3n) is 1.52. The quantitative estimate of drug-likeness (QED) is 0.663. The van der Waals surface area contributed by atoms with Crippen molar-refractivity contribution in [3.05, 3.63) is 45.2 Å². The van der Waals surface area contributed by atoms with E-state index in [1.807, 2.05) is 0 Å². The van der Waals surface area contributed by atoms with Crippen molar-refractivity contribution in [1.29, 1.82) is 0 Å². The molecule has 0 bridgehead atoms. The van der Waals surface area contributed by atoms with Gasteiger partial charge in [0.25, 0.3) is 0 Å². The Kier molecular flexibility index (Phi) is 2.90. The van der Waals surface area contributed by atoms with E-state index < -0.39 is 11.8 Å². The van der Waals surface area contributed by atoms with Crippen LogP contribution in [-0.2, 0) is 0 Å². The maximum Gasteiger partial charge on any atom is 0.316 e. The Morgan fingerprint density at radius 1 is 0.929 bits per heavy atom. The maximum absolute atomic E-state index is 10.8. The fraction of sp³-hybridized carbons (Fsp3) is 0. The van der Waals surface area contributed by atoms with Crippen LogP contribution in [0.4, 0.5) is 0 Å². The lowest BCUT2D eigenvalue weighted by molar-refractivity contribution is 0.0999. The molecule has 0 aliphatic carbocycles. The third-order valence-corrected chi connectivity index (χ3v) is 1.52. The lowest BCUT2D eigenvalue weighted by Gasteiger charge is -1.94. The Hall–Kier alpha value is -2.24. The molecular formula is C8H4N2O4. The molecule has 0 radical (unpaired) electrons. The molecule has 70 valence electrons. The van der Waals surface area contributed by atoms with Gasteiger partial charge in [0.2, 0.25) is 0 Å². The van der Waals surface area contributed by atoms with Gasteiger partial charge < -0.3 is 0 Å². The summed E-state index contributed by atoms with van der Waals surface area (Å²) in [6, 6.07) is 5.07. The van der Waals surface area contributed by atoms with Gasteiger partial charge in [-0.15, -0.1) is 9.81 Å². The molecule has 0 saturated heterocycles. The third kappa shape index (κ3) is 1.92. The van der Waals surface area contributed by atoms with Gasteiger partial charge in [-0.2, -0.15) is 0 Å². The molecule has 0 N–H and O–H groups in total. The molecule has 0 atom stereocenters. The minimum atomic E-state index is -0.995. The number of carbonyl (C=O) groups excluding carboxylic acids is 2. The van der Waals surface area contributed by atoms with Crippen LogP contribution in [0.1, 0.15) is 20.7 Å². The highest BCUT2D eigenvalue weighted by molar-refractivity contribution is 6.00. The van der Waals surface area contributed by atoms with Crippen LogP contribution in [-0.4, -0.2) is 11.8 Å². The fourth-order valence-electron chi connectivity index (χ4n) is 0.891. The predicted molar refractivity (Wildman–Crippen MR) is 46.7 cm³/mol. The van der Waals surface area contributed by atoms with Gasteiger partial charge in [-0.25, -0.2) is 0 Å². The van der Waals surface area contributed by atoms with E-state index in [4.69, 9.17) is 0 Å². The average Bonchev–Trinajstić information content (AvgIpc) is 2.27. The topological polar surface area (TPSA) is 93.0 Å². The smallest absolute Gasteiger partial charge is 0.263 e. The van der Waals surface area contributed by atoms with Crippen LogP contribution in [0.2, 0.25) is 0 Å². The standard InChI is InChI=1S/C8H4N2O4/c11-7(9-13)5-2-1-3-6(4-5)8(12)10-14/h1-4H. The van der Waals surface area contributed by atoms with Crippen LogP contribution in [0.25, 0.3) is 0 Å². The van der Waals surface area contributed by atoms with Gasteiger partial charge in [0.05, 0.1) is 0 Å². The van der Waals surface area contributed by atoms with E-state index in [-0.39, 0.29) is 11.1 Å². The molecule has 0 spiro atoms. The summed E-state index contributed by atoms with van der Waals surface area (Å²) in [7, 11) is 0. The highest BCUT2D eigenvalue weighted by atomic mass is 16.3. The number of benzene rings is 1. The van der Waals surface area contributed by atoms with E-state index >= 15 is 0 Å². The van der Waals surface area contributed by atoms with Gasteiger partial charge in [0.1, 0.15) is 0 Å². The zero-order valence-electron chi connectivity index (χ0n) is 6.84. The first-order chi connectivity index (χ1) is 6.69. The summed E-state index contributed by atoms with van der Waals surface area (Å²) >= 11 is 0. The lowest BCUT2D eigenvalue weighted by atomic mass is 10.1. The van der Waals surface area contributed by atoms with Gasteiger partial charge in [-0.3, -0.25) is 9.59 Å². The van der Waals surface area contributed by atoms with Crippen LogP contribution in [0.5, 0.6) is 0 Å². The van der Waals surface area contributed by atoms with Gasteiger partial charge >= 0.3 is 11.8 Å². The number of hydrogen-bond donors (Lipinski definition) is 0. The molecule has 1 aromatic carbocycles. The summed E-state index contributed by atoms with van der Waals surface area (Å²) in [5.74, 6) is -1.99. The van der Waals surface area contributed by atoms with Crippen LogP contribution >= 0.6 is 0 Å². The highest BCUT2D eigenvalue weighted by Crippen LogP contribution is 2.07. The van der Waals surface area contributed by atoms with Crippen molar-refractivity contribution in [1.82, 2.24) is 0 Å². The zero-order chi connectivity index (χ0) is 10.6. The molecule has 1 rings (SSSR count). The molecule has 14 heavy (non-hydrogen) atoms. The number of nitroso groups, excluding NO2 is 2. The Labute approximate surface area is 77.9 Å². The molecule has 6 heteroatoms. The van der Waals surface area contributed by atoms with Gasteiger partial charge in [-0.05, 0) is 18.2 Å². The van der Waals surface area contributed by atoms with Crippen LogP contribution < -0.4 is 0 Å². The lowest BCUT2D eigenvalue weighted by Crippen LogP contribution is -1.98. The van der Waals surface area contributed by atoms with Crippen molar-refractivity contribution in [2.24, 2.45) is 10.4 Å². The normalized spacial score (nSPS) is 9.14. The fourth-order valence-corrected chi connectivity index (χ4v) is 0.891. The Morgan fingerprint density at radius 3 is 1.71 bits per heavy atom. The van der Waals surface area contributed by atoms with E-state index in [1.165, 1.54) is 18.2 Å². The van der Waals surface area contributed by atoms with Crippen LogP contribution in [0, 0.1) is 9.81 Å². The summed E-state index contributed by atoms with van der Waals surface area (Å²) in [6.07, 6.45) is 0. The second kappa shape index (κ2) is 4.13. The second-order valence-corrected chi connectivity index (χ2v) is 2.37. The van der Waals surface area contributed by atoms with Crippen molar-refractivity contribution >= 4 is 11.8 Å². The molecule has 0 fully saturated rings. The van der Waals surface area contributed by atoms with E-state index in [2.05, 4.69) is 10.4 Å². The van der Waals surface area contributed by atoms with E-state index in [1.54, 1.807) is 0 Å². The molecule has 0 aromatic heterocycles. The van der Waals surface area contributed by atoms with Crippen molar-refractivity contribution in [3.63, 3.8) is 0 Å². The number of amides is 2. The van der Waals surface area contributed by atoms with Crippen molar-refractivity contribution in [2.75, 3.05) is 0 Å². The number of nitrogens with zero attached hydrogens (tertiary/aromatic N) is 2. The Morgan fingerprint density at radius 2 is 1.36 bits per heavy atom. The minimum Gasteiger partial charge on any atom is -0.263 e. The van der Waals surface area contributed by atoms with Crippen molar-refractivity contribution in [2.45, 2.75) is 0 Å². The first kappa shape index (κ1) is 9.85. The van der Waals surface area contributed by atoms with E-state index in [0.717, 1.165) is 6.07 Å². The average molecular weight is 192 g/mol. The maximum atomic E-state index is 10.8. The predicted octanol–water partition coefficient (Wildman–Crippen LogP) is 1.50. The van der Waals surface area contributed by atoms with Crippen LogP contribution in [0.15, 0.2) is 34.6 Å². The molecule has 6 nitrogen and oxygen atoms in total. The molecule has 0 unspecified atom stereocenters. The first-order valence-corrected chi connectivity index (χ1v) is 3.54. The van der Waals surface area contributed by atoms with Crippen molar-refractivity contribution < 1.29 is 9.59 Å². The van der Waals surface area contributed by atoms with E-state index in [0.29, 0.717) is 0 Å². The number of carbonyl (C=O) groups is 2. The molecular weight excluding hydrogens is 188 g/mol. The number of hydrogen-bond acceptors (Lipinski definition) is 4. The summed E-state index contributed by atoms with van der Waals surface area (Å²) in [5.41, 5.74) is -0.0935. The number of rotatable bonds is 2. The van der Waals surface area contributed by atoms with Gasteiger partial charge in [0, 0.05) is 21.5 Å². The summed E-state index contributed by atoms with van der Waals surface area (Å²) in [5, 5.41) is 4.35. The van der Waals surface area contributed by atoms with Gasteiger partial charge in [0.15, 0.2) is 0 Å². The highest BCUT2D eigenvalue weighted by Gasteiger charge is 2.10. The van der Waals surface area contributed by atoms with E-state index in [9.17, 15) is 19.4 Å². The Bertz CT molecular complexity index is 378. The monoisotopic (exact) mass is 192 g/mol. The van der Waals surface area contributed by atoms with Crippen LogP contribution in [0.3, 0.4) is 0 Å². The molecule has 0 heterocycles. The Balaban J connectivity index is 3.12. The summed E-state index contributed by atoms with van der Waals surface area (Å²) < 4.78 is 0. The molecule has 0 aliphatic heterocycles. The van der Waals surface area contributed by atoms with Crippen molar-refractivity contribution in [3.8, 4) is 0 Å². The zero-order valence-corrected chi connectivity index (χ0v) is 6.84. The minimum absolute atomic E-state index is 0.0468. The summed E-state index contributed by atoms with van der Waals surface area (Å²) in [4.78, 5) is 41.3. The summed E-state index contributed by atoms with van der Waals surface area (Å²) in [6.45, 7) is 0. The first-order valence-electron chi connectivity index (χ1n) is 3.54. The SMILES string of the molecule is O=NC(=O)c1cccc(C(=O)N=O)c1. The molecule has 1 aromatic rings. The molecule has 2 amide bonds. The second-order valence-electron chi connectivity index (χ2n) is 2.37. The van der Waals surface area contributed by atoms with Gasteiger partial charge in [-0.1, -0.05) is 6.07 Å². The molecule has 0 saturated carbocycles.